The fraction of sp³-hybridized carbons (Fsp3) is 0.462. The summed E-state index contributed by atoms with van der Waals surface area (Å²) in [5, 5.41) is 3.09. The molecule has 2 aliphatic heterocycles. The third kappa shape index (κ3) is 5.75. The Hall–Kier alpha value is -2.70. The predicted octanol–water partition coefficient (Wildman–Crippen LogP) is 3.63. The van der Waals surface area contributed by atoms with Gasteiger partial charge < -0.3 is 15.0 Å². The molecule has 6 heteroatoms. The van der Waals surface area contributed by atoms with Gasteiger partial charge in [0.25, 0.3) is 5.91 Å². The Labute approximate surface area is 190 Å². The molecule has 2 aliphatic rings. The van der Waals surface area contributed by atoms with Crippen molar-refractivity contribution in [3.05, 3.63) is 64.7 Å². The van der Waals surface area contributed by atoms with Gasteiger partial charge in [-0.3, -0.25) is 14.5 Å². The minimum absolute atomic E-state index is 0.00792. The van der Waals surface area contributed by atoms with Crippen LogP contribution in [0.3, 0.4) is 0 Å². The Morgan fingerprint density at radius 3 is 2.53 bits per heavy atom. The Kier molecular flexibility index (Phi) is 7.22. The van der Waals surface area contributed by atoms with E-state index >= 15 is 0 Å². The fourth-order valence-corrected chi connectivity index (χ4v) is 4.67. The topological polar surface area (TPSA) is 61.9 Å². The number of likely N-dealkylation sites (tertiary alicyclic amines) is 1. The maximum absolute atomic E-state index is 13.0. The molecule has 0 radical (unpaired) electrons. The number of benzene rings is 2. The summed E-state index contributed by atoms with van der Waals surface area (Å²) in [5.74, 6) is -0.185. The molecule has 0 aromatic heterocycles. The second-order valence-corrected chi connectivity index (χ2v) is 9.04. The number of amides is 2. The highest BCUT2D eigenvalue weighted by molar-refractivity contribution is 5.96. The monoisotopic (exact) mass is 435 g/mol. The standard InChI is InChI=1S/C26H33N3O3/c1-19-13-20(2)15-23(14-19)26(31)29-8-4-6-22(18-29)25(30)27-24-7-3-5-21(16-24)17-28-9-11-32-12-10-28/h3,5,7,13-16,22H,4,6,8-12,17-18H2,1-2H3,(H,27,30). The number of nitrogens with one attached hydrogen (secondary N) is 1. The van der Waals surface area contributed by atoms with Crippen molar-refractivity contribution in [1.82, 2.24) is 9.80 Å². The van der Waals surface area contributed by atoms with Crippen molar-refractivity contribution in [1.29, 1.82) is 0 Å². The molecule has 2 saturated heterocycles. The van der Waals surface area contributed by atoms with Gasteiger partial charge in [0.15, 0.2) is 0 Å². The van der Waals surface area contributed by atoms with E-state index in [-0.39, 0.29) is 17.7 Å². The van der Waals surface area contributed by atoms with E-state index in [0.29, 0.717) is 18.7 Å². The number of morpholine rings is 1. The zero-order chi connectivity index (χ0) is 22.5. The van der Waals surface area contributed by atoms with Crippen LogP contribution in [0.4, 0.5) is 5.69 Å². The van der Waals surface area contributed by atoms with E-state index in [1.54, 1.807) is 0 Å². The molecule has 0 aliphatic carbocycles. The van der Waals surface area contributed by atoms with E-state index in [4.69, 9.17) is 4.74 Å². The lowest BCUT2D eigenvalue weighted by Crippen LogP contribution is -2.43. The highest BCUT2D eigenvalue weighted by Gasteiger charge is 2.29. The Balaban J connectivity index is 1.37. The van der Waals surface area contributed by atoms with Gasteiger partial charge in [0.05, 0.1) is 19.1 Å². The molecule has 0 saturated carbocycles. The zero-order valence-electron chi connectivity index (χ0n) is 19.1. The third-order valence-corrected chi connectivity index (χ3v) is 6.25. The minimum Gasteiger partial charge on any atom is -0.379 e. The van der Waals surface area contributed by atoms with Crippen LogP contribution in [0.2, 0.25) is 0 Å². The first-order chi connectivity index (χ1) is 15.5. The molecular weight excluding hydrogens is 402 g/mol. The van der Waals surface area contributed by atoms with Gasteiger partial charge >= 0.3 is 0 Å². The van der Waals surface area contributed by atoms with Crippen molar-refractivity contribution in [3.8, 4) is 0 Å². The average molecular weight is 436 g/mol. The number of anilines is 1. The largest absolute Gasteiger partial charge is 0.379 e. The summed E-state index contributed by atoms with van der Waals surface area (Å²) >= 11 is 0. The molecule has 2 fully saturated rings. The fourth-order valence-electron chi connectivity index (χ4n) is 4.67. The van der Waals surface area contributed by atoms with Gasteiger partial charge in [0.1, 0.15) is 0 Å². The van der Waals surface area contributed by atoms with Crippen molar-refractivity contribution in [2.45, 2.75) is 33.2 Å². The molecular formula is C26H33N3O3. The summed E-state index contributed by atoms with van der Waals surface area (Å²) < 4.78 is 5.42. The normalized spacial score (nSPS) is 19.6. The number of hydrogen-bond donors (Lipinski definition) is 1. The van der Waals surface area contributed by atoms with Crippen LogP contribution in [0.1, 0.15) is 39.9 Å². The van der Waals surface area contributed by atoms with Crippen LogP contribution in [-0.4, -0.2) is 61.0 Å². The molecule has 6 nitrogen and oxygen atoms in total. The predicted molar refractivity (Wildman–Crippen MR) is 126 cm³/mol. The summed E-state index contributed by atoms with van der Waals surface area (Å²) in [6, 6.07) is 14.0. The van der Waals surface area contributed by atoms with Crippen molar-refractivity contribution in [2.75, 3.05) is 44.7 Å². The van der Waals surface area contributed by atoms with Gasteiger partial charge in [-0.05, 0) is 56.5 Å². The lowest BCUT2D eigenvalue weighted by Gasteiger charge is -2.32. The molecule has 2 heterocycles. The molecule has 4 rings (SSSR count). The molecule has 0 spiro atoms. The number of ether oxygens (including phenoxy) is 1. The van der Waals surface area contributed by atoms with Crippen molar-refractivity contribution in [2.24, 2.45) is 5.92 Å². The van der Waals surface area contributed by atoms with E-state index in [0.717, 1.165) is 62.5 Å². The maximum atomic E-state index is 13.0. The average Bonchev–Trinajstić information content (AvgIpc) is 2.79. The lowest BCUT2D eigenvalue weighted by atomic mass is 9.96. The molecule has 2 amide bonds. The number of aryl methyl sites for hydroxylation is 2. The van der Waals surface area contributed by atoms with E-state index in [2.05, 4.69) is 28.4 Å². The van der Waals surface area contributed by atoms with Crippen LogP contribution in [0.25, 0.3) is 0 Å². The quantitative estimate of drug-likeness (QED) is 0.779. The second kappa shape index (κ2) is 10.3. The van der Waals surface area contributed by atoms with E-state index in [9.17, 15) is 9.59 Å². The molecule has 2 aromatic rings. The first-order valence-electron chi connectivity index (χ1n) is 11.6. The summed E-state index contributed by atoms with van der Waals surface area (Å²) in [6.07, 6.45) is 1.64. The van der Waals surface area contributed by atoms with Gasteiger partial charge in [0, 0.05) is 44.0 Å². The van der Waals surface area contributed by atoms with Crippen molar-refractivity contribution < 1.29 is 14.3 Å². The summed E-state index contributed by atoms with van der Waals surface area (Å²) in [6.45, 7) is 9.44. The van der Waals surface area contributed by atoms with Crippen LogP contribution in [0.15, 0.2) is 42.5 Å². The van der Waals surface area contributed by atoms with E-state index in [1.807, 2.05) is 43.0 Å². The first kappa shape index (κ1) is 22.5. The van der Waals surface area contributed by atoms with Crippen molar-refractivity contribution in [3.63, 3.8) is 0 Å². The number of nitrogens with zero attached hydrogens (tertiary/aromatic N) is 2. The van der Waals surface area contributed by atoms with Gasteiger partial charge in [-0.2, -0.15) is 0 Å². The minimum atomic E-state index is -0.193. The highest BCUT2D eigenvalue weighted by Crippen LogP contribution is 2.22. The number of hydrogen-bond acceptors (Lipinski definition) is 4. The highest BCUT2D eigenvalue weighted by atomic mass is 16.5. The summed E-state index contributed by atoms with van der Waals surface area (Å²) in [5.41, 5.74) is 4.87. The Morgan fingerprint density at radius 1 is 1.03 bits per heavy atom. The lowest BCUT2D eigenvalue weighted by molar-refractivity contribution is -0.121. The van der Waals surface area contributed by atoms with Gasteiger partial charge in [0.2, 0.25) is 5.91 Å². The number of carbonyl (C=O) groups excluding carboxylic acids is 2. The van der Waals surface area contributed by atoms with Crippen LogP contribution in [0, 0.1) is 19.8 Å². The number of rotatable bonds is 5. The second-order valence-electron chi connectivity index (χ2n) is 9.04. The number of piperidine rings is 1. The molecule has 1 N–H and O–H groups in total. The molecule has 2 aromatic carbocycles. The molecule has 170 valence electrons. The smallest absolute Gasteiger partial charge is 0.253 e. The molecule has 1 unspecified atom stereocenters. The zero-order valence-corrected chi connectivity index (χ0v) is 19.1. The summed E-state index contributed by atoms with van der Waals surface area (Å²) in [4.78, 5) is 30.2. The van der Waals surface area contributed by atoms with E-state index < -0.39 is 0 Å². The first-order valence-corrected chi connectivity index (χ1v) is 11.6. The molecule has 0 bridgehead atoms. The maximum Gasteiger partial charge on any atom is 0.253 e. The third-order valence-electron chi connectivity index (χ3n) is 6.25. The Bertz CT molecular complexity index is 948. The van der Waals surface area contributed by atoms with Gasteiger partial charge in [-0.15, -0.1) is 0 Å². The number of carbonyl (C=O) groups is 2. The summed E-state index contributed by atoms with van der Waals surface area (Å²) in [7, 11) is 0. The van der Waals surface area contributed by atoms with Crippen LogP contribution < -0.4 is 5.32 Å². The van der Waals surface area contributed by atoms with E-state index in [1.165, 1.54) is 5.56 Å². The van der Waals surface area contributed by atoms with Crippen LogP contribution in [-0.2, 0) is 16.1 Å². The molecule has 1 atom stereocenters. The molecule has 32 heavy (non-hydrogen) atoms. The Morgan fingerprint density at radius 2 is 1.78 bits per heavy atom. The van der Waals surface area contributed by atoms with Crippen LogP contribution >= 0.6 is 0 Å². The van der Waals surface area contributed by atoms with Gasteiger partial charge in [-0.1, -0.05) is 29.3 Å². The SMILES string of the molecule is Cc1cc(C)cc(C(=O)N2CCCC(C(=O)Nc3cccc(CN4CCOCC4)c3)C2)c1. The van der Waals surface area contributed by atoms with Crippen LogP contribution in [0.5, 0.6) is 0 Å². The van der Waals surface area contributed by atoms with Gasteiger partial charge in [-0.25, -0.2) is 0 Å². The van der Waals surface area contributed by atoms with Crippen molar-refractivity contribution >= 4 is 17.5 Å².